The number of rotatable bonds is 8. The van der Waals surface area contributed by atoms with Gasteiger partial charge in [0.05, 0.1) is 19.3 Å². The van der Waals surface area contributed by atoms with Gasteiger partial charge in [0.15, 0.2) is 0 Å². The lowest BCUT2D eigenvalue weighted by Gasteiger charge is -2.16. The first-order chi connectivity index (χ1) is 12.1. The zero-order chi connectivity index (χ0) is 18.2. The third-order valence-corrected chi connectivity index (χ3v) is 4.02. The van der Waals surface area contributed by atoms with E-state index in [1.54, 1.807) is 18.3 Å². The van der Waals surface area contributed by atoms with Crippen molar-refractivity contribution in [2.24, 2.45) is 0 Å². The summed E-state index contributed by atoms with van der Waals surface area (Å²) in [5.74, 6) is 0.509. The molecule has 0 aliphatic carbocycles. The zero-order valence-electron chi connectivity index (χ0n) is 14.6. The molecule has 0 bridgehead atoms. The lowest BCUT2D eigenvalue weighted by molar-refractivity contribution is 0.0945. The third kappa shape index (κ3) is 5.01. The number of aryl methyl sites for hydroxylation is 1. The van der Waals surface area contributed by atoms with Crippen molar-refractivity contribution in [3.05, 3.63) is 47.7 Å². The number of hydrogen-bond donors (Lipinski definition) is 4. The summed E-state index contributed by atoms with van der Waals surface area (Å²) in [4.78, 5) is 16.3. The quantitative estimate of drug-likeness (QED) is 0.588. The van der Waals surface area contributed by atoms with Crippen molar-refractivity contribution in [2.45, 2.75) is 26.3 Å². The van der Waals surface area contributed by atoms with Gasteiger partial charge in [0.25, 0.3) is 5.91 Å². The van der Waals surface area contributed by atoms with E-state index in [4.69, 9.17) is 5.11 Å². The highest BCUT2D eigenvalue weighted by molar-refractivity contribution is 5.94. The molecule has 4 N–H and O–H groups in total. The van der Waals surface area contributed by atoms with Gasteiger partial charge in [-0.05, 0) is 48.2 Å². The largest absolute Gasteiger partial charge is 0.395 e. The maximum absolute atomic E-state index is 11.9. The molecule has 6 nitrogen and oxygen atoms in total. The van der Waals surface area contributed by atoms with Gasteiger partial charge in [-0.1, -0.05) is 19.1 Å². The van der Waals surface area contributed by atoms with Crippen molar-refractivity contribution >= 4 is 11.7 Å². The number of aromatic nitrogens is 1. The SMILES string of the molecule is CCC(CO)Nc1cc(-c2ccc(C(=O)NCCO)cc2)c(C)cn1. The Morgan fingerprint density at radius 1 is 1.24 bits per heavy atom. The van der Waals surface area contributed by atoms with Crippen LogP contribution in [0.25, 0.3) is 11.1 Å². The number of carbonyl (C=O) groups excluding carboxylic acids is 1. The normalized spacial score (nSPS) is 11.8. The van der Waals surface area contributed by atoms with E-state index in [2.05, 4.69) is 15.6 Å². The number of pyridine rings is 1. The van der Waals surface area contributed by atoms with Crippen LogP contribution in [0.3, 0.4) is 0 Å². The molecule has 0 aliphatic rings. The number of aliphatic hydroxyl groups is 2. The van der Waals surface area contributed by atoms with Crippen LogP contribution in [0.1, 0.15) is 29.3 Å². The topological polar surface area (TPSA) is 94.5 Å². The van der Waals surface area contributed by atoms with Crippen LogP contribution >= 0.6 is 0 Å². The minimum Gasteiger partial charge on any atom is -0.395 e. The molecular weight excluding hydrogens is 318 g/mol. The smallest absolute Gasteiger partial charge is 0.251 e. The number of nitrogens with one attached hydrogen (secondary N) is 2. The number of anilines is 1. The molecule has 2 aromatic rings. The fourth-order valence-corrected chi connectivity index (χ4v) is 2.47. The molecule has 0 saturated heterocycles. The Hall–Kier alpha value is -2.44. The van der Waals surface area contributed by atoms with E-state index in [0.717, 1.165) is 23.1 Å². The van der Waals surface area contributed by atoms with Crippen LogP contribution in [0.15, 0.2) is 36.5 Å². The lowest BCUT2D eigenvalue weighted by Crippen LogP contribution is -2.26. The van der Waals surface area contributed by atoms with Gasteiger partial charge < -0.3 is 20.8 Å². The van der Waals surface area contributed by atoms with Gasteiger partial charge in [0.1, 0.15) is 5.82 Å². The molecule has 25 heavy (non-hydrogen) atoms. The van der Waals surface area contributed by atoms with Gasteiger partial charge in [0, 0.05) is 18.3 Å². The predicted molar refractivity (Wildman–Crippen MR) is 98.6 cm³/mol. The maximum atomic E-state index is 11.9. The molecule has 0 radical (unpaired) electrons. The lowest BCUT2D eigenvalue weighted by atomic mass is 10.0. The number of benzene rings is 1. The molecule has 1 aromatic heterocycles. The molecule has 0 aliphatic heterocycles. The Balaban J connectivity index is 2.21. The van der Waals surface area contributed by atoms with Gasteiger partial charge >= 0.3 is 0 Å². The molecule has 0 fully saturated rings. The first kappa shape index (κ1) is 18.9. The van der Waals surface area contributed by atoms with E-state index in [9.17, 15) is 9.90 Å². The minimum atomic E-state index is -0.205. The van der Waals surface area contributed by atoms with Crippen LogP contribution in [0.4, 0.5) is 5.82 Å². The van der Waals surface area contributed by atoms with Gasteiger partial charge in [-0.3, -0.25) is 4.79 Å². The highest BCUT2D eigenvalue weighted by Crippen LogP contribution is 2.26. The Morgan fingerprint density at radius 2 is 1.96 bits per heavy atom. The number of hydrogen-bond acceptors (Lipinski definition) is 5. The van der Waals surface area contributed by atoms with Crippen LogP contribution in [0.5, 0.6) is 0 Å². The van der Waals surface area contributed by atoms with Crippen LogP contribution in [-0.2, 0) is 0 Å². The molecule has 1 aromatic carbocycles. The van der Waals surface area contributed by atoms with E-state index >= 15 is 0 Å². The molecule has 0 saturated carbocycles. The van der Waals surface area contributed by atoms with E-state index in [1.807, 2.05) is 32.0 Å². The summed E-state index contributed by atoms with van der Waals surface area (Å²) in [6.07, 6.45) is 2.60. The maximum Gasteiger partial charge on any atom is 0.251 e. The average Bonchev–Trinajstić information content (AvgIpc) is 2.65. The van der Waals surface area contributed by atoms with E-state index < -0.39 is 0 Å². The minimum absolute atomic E-state index is 0.0272. The first-order valence-corrected chi connectivity index (χ1v) is 8.42. The summed E-state index contributed by atoms with van der Waals surface area (Å²) in [6.45, 7) is 4.20. The predicted octanol–water partition coefficient (Wildman–Crippen LogP) is 1.96. The number of nitrogens with zero attached hydrogens (tertiary/aromatic N) is 1. The number of amides is 1. The fourth-order valence-electron chi connectivity index (χ4n) is 2.47. The summed E-state index contributed by atoms with van der Waals surface area (Å²) in [6, 6.07) is 9.23. The van der Waals surface area contributed by atoms with Crippen molar-refractivity contribution in [3.63, 3.8) is 0 Å². The van der Waals surface area contributed by atoms with Gasteiger partial charge in [-0.2, -0.15) is 0 Å². The second-order valence-electron chi connectivity index (χ2n) is 5.87. The van der Waals surface area contributed by atoms with Crippen LogP contribution in [0.2, 0.25) is 0 Å². The van der Waals surface area contributed by atoms with Crippen molar-refractivity contribution in [3.8, 4) is 11.1 Å². The van der Waals surface area contributed by atoms with Crippen molar-refractivity contribution in [1.29, 1.82) is 0 Å². The molecule has 1 heterocycles. The van der Waals surface area contributed by atoms with Crippen molar-refractivity contribution in [1.82, 2.24) is 10.3 Å². The Bertz CT molecular complexity index is 698. The van der Waals surface area contributed by atoms with Gasteiger partial charge in [-0.15, -0.1) is 0 Å². The van der Waals surface area contributed by atoms with Gasteiger partial charge in [-0.25, -0.2) is 4.98 Å². The standard InChI is InChI=1S/C19H25N3O3/c1-3-16(12-24)22-18-10-17(13(2)11-21-18)14-4-6-15(7-5-14)19(25)20-8-9-23/h4-7,10-11,16,23-24H,3,8-9,12H2,1-2H3,(H,20,25)(H,21,22). The Labute approximate surface area is 147 Å². The summed E-state index contributed by atoms with van der Waals surface area (Å²) in [5.41, 5.74) is 3.58. The second-order valence-corrected chi connectivity index (χ2v) is 5.87. The van der Waals surface area contributed by atoms with Crippen LogP contribution < -0.4 is 10.6 Å². The molecular formula is C19H25N3O3. The summed E-state index contributed by atoms with van der Waals surface area (Å²) in [7, 11) is 0. The molecule has 1 unspecified atom stereocenters. The molecule has 2 rings (SSSR count). The average molecular weight is 343 g/mol. The fraction of sp³-hybridized carbons (Fsp3) is 0.368. The molecule has 6 heteroatoms. The summed E-state index contributed by atoms with van der Waals surface area (Å²) >= 11 is 0. The van der Waals surface area contributed by atoms with Gasteiger partial charge in [0.2, 0.25) is 0 Å². The van der Waals surface area contributed by atoms with Crippen molar-refractivity contribution in [2.75, 3.05) is 25.1 Å². The second kappa shape index (κ2) is 9.15. The Morgan fingerprint density at radius 3 is 2.56 bits per heavy atom. The highest BCUT2D eigenvalue weighted by atomic mass is 16.3. The first-order valence-electron chi connectivity index (χ1n) is 8.42. The zero-order valence-corrected chi connectivity index (χ0v) is 14.6. The number of carbonyl (C=O) groups is 1. The molecule has 134 valence electrons. The van der Waals surface area contributed by atoms with E-state index in [1.165, 1.54) is 0 Å². The summed E-state index contributed by atoms with van der Waals surface area (Å²) in [5, 5.41) is 23.9. The van der Waals surface area contributed by atoms with E-state index in [-0.39, 0.29) is 31.7 Å². The van der Waals surface area contributed by atoms with Crippen LogP contribution in [0, 0.1) is 6.92 Å². The Kier molecular flexibility index (Phi) is 6.91. The molecule has 0 spiro atoms. The third-order valence-electron chi connectivity index (χ3n) is 4.02. The molecule has 1 atom stereocenters. The molecule has 1 amide bonds. The van der Waals surface area contributed by atoms with E-state index in [0.29, 0.717) is 11.4 Å². The monoisotopic (exact) mass is 343 g/mol. The number of aliphatic hydroxyl groups excluding tert-OH is 2. The van der Waals surface area contributed by atoms with Crippen molar-refractivity contribution < 1.29 is 15.0 Å². The van der Waals surface area contributed by atoms with Crippen LogP contribution in [-0.4, -0.2) is 46.9 Å². The summed E-state index contributed by atoms with van der Waals surface area (Å²) < 4.78 is 0. The highest BCUT2D eigenvalue weighted by Gasteiger charge is 2.10.